The number of nitrogens with two attached hydrogens (primary N) is 2. The van der Waals surface area contributed by atoms with E-state index in [1.54, 1.807) is 26.8 Å². The van der Waals surface area contributed by atoms with Gasteiger partial charge in [-0.3, -0.25) is 10.1 Å². The van der Waals surface area contributed by atoms with Crippen LogP contribution in [0.15, 0.2) is 17.1 Å². The van der Waals surface area contributed by atoms with Crippen molar-refractivity contribution in [1.29, 1.82) is 0 Å². The van der Waals surface area contributed by atoms with E-state index in [-0.39, 0.29) is 5.96 Å². The smallest absolute Gasteiger partial charge is 0.351 e. The molecule has 0 aliphatic rings. The molecule has 2 atom stereocenters. The molecule has 1 amide bonds. The fourth-order valence-electron chi connectivity index (χ4n) is 1.67. The first-order valence-corrected chi connectivity index (χ1v) is 8.48. The summed E-state index contributed by atoms with van der Waals surface area (Å²) in [7, 11) is 0. The number of rotatable bonds is 4. The first-order valence-electron chi connectivity index (χ1n) is 7.28. The van der Waals surface area contributed by atoms with Crippen molar-refractivity contribution in [1.82, 2.24) is 10.6 Å². The average Bonchev–Trinajstić information content (AvgIpc) is 2.82. The van der Waals surface area contributed by atoms with Crippen LogP contribution in [0.5, 0.6) is 0 Å². The summed E-state index contributed by atoms with van der Waals surface area (Å²) >= 11 is 6.84. The van der Waals surface area contributed by atoms with E-state index in [4.69, 9.17) is 23.1 Å². The molecule has 0 bridgehead atoms. The van der Waals surface area contributed by atoms with Gasteiger partial charge in [-0.2, -0.15) is 13.2 Å². The van der Waals surface area contributed by atoms with Gasteiger partial charge < -0.3 is 16.8 Å². The minimum Gasteiger partial charge on any atom is -0.351 e. The van der Waals surface area contributed by atoms with Crippen LogP contribution >= 0.6 is 22.9 Å². The van der Waals surface area contributed by atoms with E-state index in [9.17, 15) is 18.0 Å². The monoisotopic (exact) mass is 399 g/mol. The lowest BCUT2D eigenvalue weighted by atomic mass is 10.1. The molecule has 1 aromatic rings. The third-order valence-corrected chi connectivity index (χ3v) is 3.96. The molecule has 1 aromatic heterocycles. The fourth-order valence-corrected chi connectivity index (χ4v) is 2.61. The molecule has 1 rings (SSSR count). The second kappa shape index (κ2) is 8.35. The van der Waals surface area contributed by atoms with Gasteiger partial charge in [0.2, 0.25) is 0 Å². The molecule has 6 N–H and O–H groups in total. The SMILES string of the molecule is CC(C)(C)NC(=NC(N)CC(N)C(F)(F)F)NC(=O)c1ccc(Cl)s1. The van der Waals surface area contributed by atoms with Crippen LogP contribution in [0.1, 0.15) is 36.9 Å². The molecular formula is C14H21ClF3N5OS. The van der Waals surface area contributed by atoms with Crippen LogP contribution in [0.2, 0.25) is 4.34 Å². The molecule has 0 fully saturated rings. The molecule has 0 spiro atoms. The summed E-state index contributed by atoms with van der Waals surface area (Å²) < 4.78 is 38.0. The van der Waals surface area contributed by atoms with Crippen molar-refractivity contribution in [3.05, 3.63) is 21.3 Å². The molecule has 2 unspecified atom stereocenters. The summed E-state index contributed by atoms with van der Waals surface area (Å²) in [6, 6.07) is 0.980. The number of nitrogens with zero attached hydrogens (tertiary/aromatic N) is 1. The van der Waals surface area contributed by atoms with Gasteiger partial charge in [0, 0.05) is 12.0 Å². The van der Waals surface area contributed by atoms with Crippen LogP contribution in [-0.2, 0) is 0 Å². The van der Waals surface area contributed by atoms with E-state index in [1.165, 1.54) is 6.07 Å². The van der Waals surface area contributed by atoms with E-state index < -0.39 is 36.3 Å². The van der Waals surface area contributed by atoms with E-state index in [0.717, 1.165) is 11.3 Å². The fraction of sp³-hybridized carbons (Fsp3) is 0.571. The number of carbonyl (C=O) groups is 1. The Morgan fingerprint density at radius 3 is 2.36 bits per heavy atom. The number of hydrogen-bond acceptors (Lipinski definition) is 5. The van der Waals surface area contributed by atoms with Gasteiger partial charge in [0.25, 0.3) is 5.91 Å². The first kappa shape index (κ1) is 21.7. The lowest BCUT2D eigenvalue weighted by Gasteiger charge is -2.25. The van der Waals surface area contributed by atoms with Gasteiger partial charge in [0.1, 0.15) is 12.2 Å². The Balaban J connectivity index is 2.90. The maximum atomic E-state index is 12.5. The molecule has 0 saturated carbocycles. The van der Waals surface area contributed by atoms with Gasteiger partial charge in [-0.1, -0.05) is 11.6 Å². The molecule has 0 radical (unpaired) electrons. The van der Waals surface area contributed by atoms with Crippen molar-refractivity contribution in [3.63, 3.8) is 0 Å². The summed E-state index contributed by atoms with van der Waals surface area (Å²) in [6.07, 6.45) is -6.42. The van der Waals surface area contributed by atoms with Gasteiger partial charge in [-0.25, -0.2) is 4.99 Å². The van der Waals surface area contributed by atoms with Crippen LogP contribution in [0.3, 0.4) is 0 Å². The zero-order valence-corrected chi connectivity index (χ0v) is 15.5. The predicted octanol–water partition coefficient (Wildman–Crippen LogP) is 2.44. The highest BCUT2D eigenvalue weighted by Gasteiger charge is 2.37. The molecule has 1 heterocycles. The van der Waals surface area contributed by atoms with Gasteiger partial charge in [-0.05, 0) is 32.9 Å². The first-order chi connectivity index (χ1) is 11.3. The van der Waals surface area contributed by atoms with E-state index in [0.29, 0.717) is 9.21 Å². The summed E-state index contributed by atoms with van der Waals surface area (Å²) in [4.78, 5) is 16.4. The Bertz CT molecular complexity index is 627. The third kappa shape index (κ3) is 8.04. The normalized spacial score (nSPS) is 15.6. The average molecular weight is 400 g/mol. The molecule has 25 heavy (non-hydrogen) atoms. The second-order valence-corrected chi connectivity index (χ2v) is 8.08. The van der Waals surface area contributed by atoms with Gasteiger partial charge in [0.15, 0.2) is 5.96 Å². The topological polar surface area (TPSA) is 106 Å². The van der Waals surface area contributed by atoms with Crippen LogP contribution in [-0.4, -0.2) is 35.8 Å². The molecule has 142 valence electrons. The number of hydrogen-bond donors (Lipinski definition) is 4. The number of thiophene rings is 1. The molecule has 11 heteroatoms. The maximum Gasteiger partial charge on any atom is 0.403 e. The Morgan fingerprint density at radius 1 is 1.32 bits per heavy atom. The number of guanidine groups is 1. The number of aliphatic imine (C=N–C) groups is 1. The highest BCUT2D eigenvalue weighted by molar-refractivity contribution is 7.18. The highest BCUT2D eigenvalue weighted by atomic mass is 35.5. The largest absolute Gasteiger partial charge is 0.403 e. The molecular weight excluding hydrogens is 379 g/mol. The standard InChI is InChI=1S/C14H21ClF3N5OS/c1-13(2,3)23-12(21-10(20)6-8(19)14(16,17)18)22-11(24)7-4-5-9(15)25-7/h4-5,8,10H,6,19-20H2,1-3H3,(H2,21,22,23,24). The summed E-state index contributed by atoms with van der Waals surface area (Å²) in [6.45, 7) is 5.39. The molecule has 0 aromatic carbocycles. The van der Waals surface area contributed by atoms with E-state index in [1.807, 2.05) is 0 Å². The zero-order chi connectivity index (χ0) is 19.4. The Kier molecular flexibility index (Phi) is 7.24. The maximum absolute atomic E-state index is 12.5. The number of amides is 1. The number of carbonyl (C=O) groups excluding carboxylic acids is 1. The summed E-state index contributed by atoms with van der Waals surface area (Å²) in [5.41, 5.74) is 10.2. The molecule has 0 aliphatic carbocycles. The summed E-state index contributed by atoms with van der Waals surface area (Å²) in [5, 5.41) is 5.39. The lowest BCUT2D eigenvalue weighted by Crippen LogP contribution is -2.51. The molecule has 0 saturated heterocycles. The minimum absolute atomic E-state index is 0.0381. The van der Waals surface area contributed by atoms with Gasteiger partial charge in [0.05, 0.1) is 9.21 Å². The van der Waals surface area contributed by atoms with Crippen molar-refractivity contribution in [2.75, 3.05) is 0 Å². The van der Waals surface area contributed by atoms with Crippen molar-refractivity contribution >= 4 is 34.8 Å². The van der Waals surface area contributed by atoms with Crippen LogP contribution in [0.25, 0.3) is 0 Å². The lowest BCUT2D eigenvalue weighted by molar-refractivity contribution is -0.149. The van der Waals surface area contributed by atoms with Crippen LogP contribution in [0.4, 0.5) is 13.2 Å². The Labute approximate surface area is 152 Å². The Hall–Kier alpha value is -1.36. The van der Waals surface area contributed by atoms with Crippen molar-refractivity contribution < 1.29 is 18.0 Å². The number of halogens is 4. The van der Waals surface area contributed by atoms with Crippen LogP contribution < -0.4 is 22.1 Å². The zero-order valence-electron chi connectivity index (χ0n) is 13.9. The molecule has 0 aliphatic heterocycles. The van der Waals surface area contributed by atoms with Crippen molar-refractivity contribution in [2.45, 2.75) is 51.1 Å². The van der Waals surface area contributed by atoms with E-state index >= 15 is 0 Å². The van der Waals surface area contributed by atoms with Gasteiger partial charge in [-0.15, -0.1) is 11.3 Å². The minimum atomic E-state index is -4.57. The number of nitrogens with one attached hydrogen (secondary N) is 2. The number of alkyl halides is 3. The summed E-state index contributed by atoms with van der Waals surface area (Å²) in [5.74, 6) is -0.538. The second-order valence-electron chi connectivity index (χ2n) is 6.36. The van der Waals surface area contributed by atoms with E-state index in [2.05, 4.69) is 15.6 Å². The quantitative estimate of drug-likeness (QED) is 0.461. The van der Waals surface area contributed by atoms with Crippen LogP contribution in [0, 0.1) is 0 Å². The van der Waals surface area contributed by atoms with Gasteiger partial charge >= 0.3 is 6.18 Å². The Morgan fingerprint density at radius 2 is 1.92 bits per heavy atom. The predicted molar refractivity (Wildman–Crippen MR) is 93.7 cm³/mol. The van der Waals surface area contributed by atoms with Crippen molar-refractivity contribution in [2.24, 2.45) is 16.5 Å². The molecule has 6 nitrogen and oxygen atoms in total. The highest BCUT2D eigenvalue weighted by Crippen LogP contribution is 2.22. The van der Waals surface area contributed by atoms with Crippen molar-refractivity contribution in [3.8, 4) is 0 Å². The third-order valence-electron chi connectivity index (χ3n) is 2.73.